The van der Waals surface area contributed by atoms with E-state index in [0.29, 0.717) is 10.9 Å². The Labute approximate surface area is 118 Å². The molecule has 0 spiro atoms. The van der Waals surface area contributed by atoms with Gasteiger partial charge in [-0.3, -0.25) is 0 Å². The third kappa shape index (κ3) is 2.68. The second kappa shape index (κ2) is 5.36. The van der Waals surface area contributed by atoms with Crippen molar-refractivity contribution in [1.82, 2.24) is 0 Å². The van der Waals surface area contributed by atoms with Crippen LogP contribution in [0.2, 0.25) is 5.02 Å². The maximum Gasteiger partial charge on any atom is 0.104 e. The lowest BCUT2D eigenvalue weighted by Gasteiger charge is -2.26. The van der Waals surface area contributed by atoms with E-state index in [1.165, 1.54) is 24.8 Å². The fourth-order valence-corrected chi connectivity index (χ4v) is 2.69. The molecule has 1 unspecified atom stereocenters. The number of aliphatic hydroxyl groups is 1. The molecule has 3 rings (SSSR count). The van der Waals surface area contributed by atoms with Gasteiger partial charge >= 0.3 is 0 Å². The zero-order chi connectivity index (χ0) is 13.2. The Kier molecular flexibility index (Phi) is 3.58. The van der Waals surface area contributed by atoms with E-state index in [9.17, 15) is 5.11 Å². The minimum absolute atomic E-state index is 0.572. The lowest BCUT2D eigenvalue weighted by atomic mass is 9.79. The highest BCUT2D eigenvalue weighted by molar-refractivity contribution is 6.30. The van der Waals surface area contributed by atoms with Gasteiger partial charge in [-0.2, -0.15) is 0 Å². The average Bonchev–Trinajstić information content (AvgIpc) is 2.37. The molecule has 1 aliphatic carbocycles. The van der Waals surface area contributed by atoms with Gasteiger partial charge in [0.25, 0.3) is 0 Å². The minimum Gasteiger partial charge on any atom is -0.384 e. The second-order valence-electron chi connectivity index (χ2n) is 5.25. The number of halogens is 1. The summed E-state index contributed by atoms with van der Waals surface area (Å²) in [4.78, 5) is 0. The molecule has 19 heavy (non-hydrogen) atoms. The molecule has 0 bridgehead atoms. The standard InChI is InChI=1S/C17H17ClO/c18-16-9-7-13(8-10-16)17(19)15-6-2-5-14(11-15)12-3-1-4-12/h2,5-12,17,19H,1,3-4H2. The van der Waals surface area contributed by atoms with Crippen molar-refractivity contribution in [3.05, 3.63) is 70.2 Å². The molecule has 0 saturated heterocycles. The Morgan fingerprint density at radius 1 is 1.00 bits per heavy atom. The van der Waals surface area contributed by atoms with Gasteiger partial charge in [-0.15, -0.1) is 0 Å². The zero-order valence-electron chi connectivity index (χ0n) is 10.7. The summed E-state index contributed by atoms with van der Waals surface area (Å²) in [5.41, 5.74) is 3.21. The van der Waals surface area contributed by atoms with Crippen molar-refractivity contribution in [1.29, 1.82) is 0 Å². The van der Waals surface area contributed by atoms with Crippen LogP contribution in [0, 0.1) is 0 Å². The van der Waals surface area contributed by atoms with Crippen LogP contribution < -0.4 is 0 Å². The van der Waals surface area contributed by atoms with Gasteiger partial charge in [0.15, 0.2) is 0 Å². The first-order chi connectivity index (χ1) is 9.24. The fraction of sp³-hybridized carbons (Fsp3) is 0.294. The summed E-state index contributed by atoms with van der Waals surface area (Å²) in [5.74, 6) is 0.692. The van der Waals surface area contributed by atoms with Gasteiger partial charge in [0.1, 0.15) is 6.10 Å². The smallest absolute Gasteiger partial charge is 0.104 e. The van der Waals surface area contributed by atoms with E-state index in [1.54, 1.807) is 0 Å². The van der Waals surface area contributed by atoms with Crippen molar-refractivity contribution in [3.8, 4) is 0 Å². The van der Waals surface area contributed by atoms with Crippen molar-refractivity contribution in [2.75, 3.05) is 0 Å². The van der Waals surface area contributed by atoms with Gasteiger partial charge in [0.05, 0.1) is 0 Å². The van der Waals surface area contributed by atoms with Crippen LogP contribution in [0.4, 0.5) is 0 Å². The van der Waals surface area contributed by atoms with Gasteiger partial charge in [-0.1, -0.05) is 54.4 Å². The first-order valence-electron chi connectivity index (χ1n) is 6.77. The van der Waals surface area contributed by atoms with Crippen LogP contribution in [-0.4, -0.2) is 5.11 Å². The largest absolute Gasteiger partial charge is 0.384 e. The predicted octanol–water partition coefficient (Wildman–Crippen LogP) is 4.69. The molecule has 98 valence electrons. The minimum atomic E-state index is -0.572. The Morgan fingerprint density at radius 3 is 2.37 bits per heavy atom. The van der Waals surface area contributed by atoms with Gasteiger partial charge in [0, 0.05) is 5.02 Å². The van der Waals surface area contributed by atoms with Crippen LogP contribution in [0.1, 0.15) is 48.0 Å². The van der Waals surface area contributed by atoms with Crippen molar-refractivity contribution in [2.24, 2.45) is 0 Å². The number of rotatable bonds is 3. The molecule has 1 fully saturated rings. The molecule has 1 aliphatic rings. The lowest BCUT2D eigenvalue weighted by Crippen LogP contribution is -2.09. The third-order valence-corrected chi connectivity index (χ3v) is 4.24. The van der Waals surface area contributed by atoms with Crippen LogP contribution in [0.25, 0.3) is 0 Å². The Bertz CT molecular complexity index is 558. The van der Waals surface area contributed by atoms with E-state index >= 15 is 0 Å². The summed E-state index contributed by atoms with van der Waals surface area (Å²) in [6.45, 7) is 0. The van der Waals surface area contributed by atoms with E-state index in [4.69, 9.17) is 11.6 Å². The average molecular weight is 273 g/mol. The highest BCUT2D eigenvalue weighted by Crippen LogP contribution is 2.37. The highest BCUT2D eigenvalue weighted by Gasteiger charge is 2.20. The summed E-state index contributed by atoms with van der Waals surface area (Å²) in [7, 11) is 0. The van der Waals surface area contributed by atoms with Crippen molar-refractivity contribution < 1.29 is 5.11 Å². The van der Waals surface area contributed by atoms with Crippen LogP contribution in [0.3, 0.4) is 0 Å². The van der Waals surface area contributed by atoms with E-state index < -0.39 is 6.10 Å². The molecule has 0 heterocycles. The van der Waals surface area contributed by atoms with Crippen LogP contribution >= 0.6 is 11.6 Å². The molecule has 0 amide bonds. The first-order valence-corrected chi connectivity index (χ1v) is 7.15. The van der Waals surface area contributed by atoms with E-state index in [1.807, 2.05) is 36.4 Å². The van der Waals surface area contributed by atoms with Gasteiger partial charge < -0.3 is 5.11 Å². The molecule has 0 aromatic heterocycles. The lowest BCUT2D eigenvalue weighted by molar-refractivity contribution is 0.220. The molecule has 0 radical (unpaired) electrons. The van der Waals surface area contributed by atoms with Crippen molar-refractivity contribution >= 4 is 11.6 Å². The molecule has 2 heteroatoms. The molecular formula is C17H17ClO. The SMILES string of the molecule is OC(c1ccc(Cl)cc1)c1cccc(C2CCC2)c1. The second-order valence-corrected chi connectivity index (χ2v) is 5.69. The van der Waals surface area contributed by atoms with Gasteiger partial charge in [-0.05, 0) is 47.6 Å². The number of aliphatic hydroxyl groups excluding tert-OH is 1. The molecule has 1 nitrogen and oxygen atoms in total. The van der Waals surface area contributed by atoms with Crippen molar-refractivity contribution in [3.63, 3.8) is 0 Å². The Hall–Kier alpha value is -1.31. The maximum atomic E-state index is 10.4. The number of hydrogen-bond acceptors (Lipinski definition) is 1. The van der Waals surface area contributed by atoms with Crippen molar-refractivity contribution in [2.45, 2.75) is 31.3 Å². The predicted molar refractivity (Wildman–Crippen MR) is 78.5 cm³/mol. The third-order valence-electron chi connectivity index (χ3n) is 3.99. The molecule has 2 aromatic carbocycles. The zero-order valence-corrected chi connectivity index (χ0v) is 11.5. The summed E-state index contributed by atoms with van der Waals surface area (Å²) >= 11 is 5.87. The van der Waals surface area contributed by atoms with Gasteiger partial charge in [-0.25, -0.2) is 0 Å². The normalized spacial score (nSPS) is 16.9. The van der Waals surface area contributed by atoms with Gasteiger partial charge in [0.2, 0.25) is 0 Å². The first kappa shape index (κ1) is 12.7. The fourth-order valence-electron chi connectivity index (χ4n) is 2.56. The monoisotopic (exact) mass is 272 g/mol. The topological polar surface area (TPSA) is 20.2 Å². The molecule has 1 atom stereocenters. The Balaban J connectivity index is 1.86. The summed E-state index contributed by atoms with van der Waals surface area (Å²) < 4.78 is 0. The molecule has 1 N–H and O–H groups in total. The Morgan fingerprint density at radius 2 is 1.74 bits per heavy atom. The van der Waals surface area contributed by atoms with E-state index in [2.05, 4.69) is 12.1 Å². The summed E-state index contributed by atoms with van der Waals surface area (Å²) in [6.07, 6.45) is 3.31. The number of hydrogen-bond donors (Lipinski definition) is 1. The number of benzene rings is 2. The molecule has 1 saturated carbocycles. The van der Waals surface area contributed by atoms with E-state index in [-0.39, 0.29) is 0 Å². The van der Waals surface area contributed by atoms with Crippen LogP contribution in [0.5, 0.6) is 0 Å². The molecular weight excluding hydrogens is 256 g/mol. The van der Waals surface area contributed by atoms with E-state index in [0.717, 1.165) is 11.1 Å². The van der Waals surface area contributed by atoms with Crippen LogP contribution in [-0.2, 0) is 0 Å². The molecule has 0 aliphatic heterocycles. The van der Waals surface area contributed by atoms with Crippen LogP contribution in [0.15, 0.2) is 48.5 Å². The summed E-state index contributed by atoms with van der Waals surface area (Å²) in [6, 6.07) is 15.7. The molecule has 2 aromatic rings. The highest BCUT2D eigenvalue weighted by atomic mass is 35.5. The maximum absolute atomic E-state index is 10.4. The summed E-state index contributed by atoms with van der Waals surface area (Å²) in [5, 5.41) is 11.1. The quantitative estimate of drug-likeness (QED) is 0.859.